The molecule has 0 aliphatic heterocycles. The van der Waals surface area contributed by atoms with Gasteiger partial charge < -0.3 is 11.1 Å². The third-order valence-electron chi connectivity index (χ3n) is 3.91. The molecule has 4 heteroatoms. The number of nitrogen functional groups attached to an aromatic ring is 1. The van der Waals surface area contributed by atoms with Gasteiger partial charge in [0, 0.05) is 17.3 Å². The Kier molecular flexibility index (Phi) is 3.60. The second kappa shape index (κ2) is 5.56. The van der Waals surface area contributed by atoms with E-state index in [1.165, 1.54) is 11.1 Å². The number of carbonyl (C=O) groups is 1. The van der Waals surface area contributed by atoms with Crippen LogP contribution in [0.2, 0.25) is 0 Å². The first kappa shape index (κ1) is 13.6. The van der Waals surface area contributed by atoms with Crippen LogP contribution in [-0.2, 0) is 19.3 Å². The smallest absolute Gasteiger partial charge is 0.251 e. The highest BCUT2D eigenvalue weighted by Crippen LogP contribution is 2.22. The Bertz CT molecular complexity index is 656. The minimum atomic E-state index is -0.0726. The molecule has 2 aromatic rings. The molecule has 1 aromatic carbocycles. The molecular formula is C17H19N3O. The minimum Gasteiger partial charge on any atom is -0.384 e. The normalized spacial score (nSPS) is 14.0. The van der Waals surface area contributed by atoms with Crippen LogP contribution in [0.3, 0.4) is 0 Å². The molecule has 0 radical (unpaired) electrons. The summed E-state index contributed by atoms with van der Waals surface area (Å²) in [5, 5.41) is 3.10. The second-order valence-corrected chi connectivity index (χ2v) is 5.47. The Hall–Kier alpha value is -2.36. The zero-order valence-corrected chi connectivity index (χ0v) is 12.1. The highest BCUT2D eigenvalue weighted by atomic mass is 16.1. The molecule has 21 heavy (non-hydrogen) atoms. The lowest BCUT2D eigenvalue weighted by Gasteiger charge is -2.13. The van der Waals surface area contributed by atoms with Gasteiger partial charge in [-0.1, -0.05) is 31.2 Å². The topological polar surface area (TPSA) is 68.0 Å². The number of hydrogen-bond acceptors (Lipinski definition) is 3. The van der Waals surface area contributed by atoms with Gasteiger partial charge >= 0.3 is 0 Å². The summed E-state index contributed by atoms with van der Waals surface area (Å²) in [6.45, 7) is 2.00. The van der Waals surface area contributed by atoms with Crippen LogP contribution in [0.4, 0.5) is 5.82 Å². The van der Waals surface area contributed by atoms with Crippen LogP contribution >= 0.6 is 0 Å². The highest BCUT2D eigenvalue weighted by molar-refractivity contribution is 5.95. The first-order valence-electron chi connectivity index (χ1n) is 7.30. The zero-order chi connectivity index (χ0) is 14.8. The van der Waals surface area contributed by atoms with Crippen LogP contribution in [0.25, 0.3) is 0 Å². The molecule has 1 aliphatic carbocycles. The lowest BCUT2D eigenvalue weighted by molar-refractivity contribution is 0.0938. The van der Waals surface area contributed by atoms with Crippen molar-refractivity contribution in [2.24, 2.45) is 0 Å². The van der Waals surface area contributed by atoms with Crippen LogP contribution < -0.4 is 11.1 Å². The standard InChI is InChI=1S/C17H19N3O/c1-2-14-9-13(10-16(18)19-14)17(21)20-15-7-11-5-3-4-6-12(11)8-15/h3-6,9-10,15H,2,7-8H2,1H3,(H2,18,19)(H,20,21). The second-order valence-electron chi connectivity index (χ2n) is 5.47. The zero-order valence-electron chi connectivity index (χ0n) is 12.1. The number of aryl methyl sites for hydroxylation is 1. The van der Waals surface area contributed by atoms with Gasteiger partial charge in [-0.25, -0.2) is 4.98 Å². The molecule has 0 saturated carbocycles. The molecule has 0 atom stereocenters. The molecule has 108 valence electrons. The Balaban J connectivity index is 1.72. The summed E-state index contributed by atoms with van der Waals surface area (Å²) in [4.78, 5) is 16.6. The van der Waals surface area contributed by atoms with Gasteiger partial charge in [-0.05, 0) is 42.5 Å². The van der Waals surface area contributed by atoms with Gasteiger partial charge in [0.05, 0.1) is 0 Å². The van der Waals surface area contributed by atoms with Crippen LogP contribution in [0.1, 0.15) is 34.1 Å². The van der Waals surface area contributed by atoms with Gasteiger partial charge in [0.15, 0.2) is 0 Å². The lowest BCUT2D eigenvalue weighted by Crippen LogP contribution is -2.35. The molecule has 0 fully saturated rings. The molecule has 0 unspecified atom stereocenters. The van der Waals surface area contributed by atoms with E-state index in [1.807, 2.05) is 25.1 Å². The molecule has 1 amide bonds. The van der Waals surface area contributed by atoms with E-state index in [-0.39, 0.29) is 11.9 Å². The quantitative estimate of drug-likeness (QED) is 0.905. The van der Waals surface area contributed by atoms with Crippen molar-refractivity contribution in [1.82, 2.24) is 10.3 Å². The van der Waals surface area contributed by atoms with Crippen molar-refractivity contribution in [2.75, 3.05) is 5.73 Å². The van der Waals surface area contributed by atoms with E-state index in [9.17, 15) is 4.79 Å². The van der Waals surface area contributed by atoms with Crippen molar-refractivity contribution in [1.29, 1.82) is 0 Å². The van der Waals surface area contributed by atoms with E-state index in [2.05, 4.69) is 22.4 Å². The van der Waals surface area contributed by atoms with E-state index in [0.29, 0.717) is 11.4 Å². The predicted octanol–water partition coefficient (Wildman–Crippen LogP) is 2.12. The average molecular weight is 281 g/mol. The van der Waals surface area contributed by atoms with Crippen molar-refractivity contribution >= 4 is 11.7 Å². The number of aromatic nitrogens is 1. The first-order chi connectivity index (χ1) is 10.2. The van der Waals surface area contributed by atoms with Crippen molar-refractivity contribution in [3.05, 3.63) is 58.8 Å². The summed E-state index contributed by atoms with van der Waals surface area (Å²) in [5.74, 6) is 0.325. The molecule has 1 heterocycles. The monoisotopic (exact) mass is 281 g/mol. The number of benzene rings is 1. The maximum atomic E-state index is 12.4. The molecular weight excluding hydrogens is 262 g/mol. The summed E-state index contributed by atoms with van der Waals surface area (Å²) in [6.07, 6.45) is 2.55. The maximum Gasteiger partial charge on any atom is 0.251 e. The van der Waals surface area contributed by atoms with Crippen LogP contribution in [0.5, 0.6) is 0 Å². The summed E-state index contributed by atoms with van der Waals surface area (Å²) in [5.41, 5.74) is 9.84. The van der Waals surface area contributed by atoms with Crippen LogP contribution in [0.15, 0.2) is 36.4 Å². The number of pyridine rings is 1. The third kappa shape index (κ3) is 2.89. The number of fused-ring (bicyclic) bond motifs is 1. The van der Waals surface area contributed by atoms with Crippen molar-refractivity contribution < 1.29 is 4.79 Å². The number of rotatable bonds is 3. The van der Waals surface area contributed by atoms with Gasteiger partial charge in [-0.15, -0.1) is 0 Å². The predicted molar refractivity (Wildman–Crippen MR) is 83.1 cm³/mol. The van der Waals surface area contributed by atoms with Crippen molar-refractivity contribution in [2.45, 2.75) is 32.2 Å². The van der Waals surface area contributed by atoms with Crippen molar-refractivity contribution in [3.63, 3.8) is 0 Å². The number of hydrogen-bond donors (Lipinski definition) is 2. The van der Waals surface area contributed by atoms with E-state index in [4.69, 9.17) is 5.73 Å². The molecule has 1 aromatic heterocycles. The summed E-state index contributed by atoms with van der Waals surface area (Å²) < 4.78 is 0. The summed E-state index contributed by atoms with van der Waals surface area (Å²) in [7, 11) is 0. The van der Waals surface area contributed by atoms with Crippen molar-refractivity contribution in [3.8, 4) is 0 Å². The highest BCUT2D eigenvalue weighted by Gasteiger charge is 2.23. The van der Waals surface area contributed by atoms with Crippen LogP contribution in [0, 0.1) is 0 Å². The SMILES string of the molecule is CCc1cc(C(=O)NC2Cc3ccccc3C2)cc(N)n1. The Labute approximate surface area is 124 Å². The largest absolute Gasteiger partial charge is 0.384 e. The molecule has 0 spiro atoms. The maximum absolute atomic E-state index is 12.4. The Morgan fingerprint density at radius 3 is 2.57 bits per heavy atom. The van der Waals surface area contributed by atoms with E-state index in [0.717, 1.165) is 25.0 Å². The molecule has 3 rings (SSSR count). The van der Waals surface area contributed by atoms with Gasteiger partial charge in [0.2, 0.25) is 0 Å². The molecule has 0 bridgehead atoms. The fourth-order valence-corrected chi connectivity index (χ4v) is 2.85. The Morgan fingerprint density at radius 2 is 1.95 bits per heavy atom. The van der Waals surface area contributed by atoms with E-state index < -0.39 is 0 Å². The van der Waals surface area contributed by atoms with E-state index in [1.54, 1.807) is 6.07 Å². The molecule has 0 saturated heterocycles. The minimum absolute atomic E-state index is 0.0726. The fourth-order valence-electron chi connectivity index (χ4n) is 2.85. The number of nitrogens with zero attached hydrogens (tertiary/aromatic N) is 1. The summed E-state index contributed by atoms with van der Waals surface area (Å²) in [6, 6.07) is 11.9. The lowest BCUT2D eigenvalue weighted by atomic mass is 10.1. The average Bonchev–Trinajstić information content (AvgIpc) is 2.88. The third-order valence-corrected chi connectivity index (χ3v) is 3.91. The van der Waals surface area contributed by atoms with Gasteiger partial charge in [0.1, 0.15) is 5.82 Å². The van der Waals surface area contributed by atoms with Gasteiger partial charge in [-0.2, -0.15) is 0 Å². The number of nitrogens with two attached hydrogens (primary N) is 1. The van der Waals surface area contributed by atoms with E-state index >= 15 is 0 Å². The first-order valence-corrected chi connectivity index (χ1v) is 7.30. The fraction of sp³-hybridized carbons (Fsp3) is 0.294. The summed E-state index contributed by atoms with van der Waals surface area (Å²) >= 11 is 0. The number of anilines is 1. The molecule has 1 aliphatic rings. The Morgan fingerprint density at radius 1 is 1.29 bits per heavy atom. The number of amides is 1. The van der Waals surface area contributed by atoms with Gasteiger partial charge in [0.25, 0.3) is 5.91 Å². The molecule has 4 nitrogen and oxygen atoms in total. The molecule has 3 N–H and O–H groups in total. The number of carbonyl (C=O) groups excluding carboxylic acids is 1. The number of nitrogens with one attached hydrogen (secondary N) is 1. The van der Waals surface area contributed by atoms with Gasteiger partial charge in [-0.3, -0.25) is 4.79 Å². The van der Waals surface area contributed by atoms with Crippen LogP contribution in [-0.4, -0.2) is 16.9 Å².